The maximum absolute atomic E-state index is 10.2. The molecule has 2 nitrogen and oxygen atoms in total. The van der Waals surface area contributed by atoms with E-state index < -0.39 is 48.4 Å². The van der Waals surface area contributed by atoms with Crippen molar-refractivity contribution in [3.05, 3.63) is 403 Å². The van der Waals surface area contributed by atoms with Crippen molar-refractivity contribution in [3.8, 4) is 89.0 Å². The van der Waals surface area contributed by atoms with E-state index in [2.05, 4.69) is 312 Å². The normalized spacial score (nSPS) is 15.4. The van der Waals surface area contributed by atoms with E-state index in [1.54, 1.807) is 0 Å². The summed E-state index contributed by atoms with van der Waals surface area (Å²) in [4.78, 5) is 4.72. The van der Waals surface area contributed by atoms with Crippen LogP contribution in [-0.4, -0.2) is 6.71 Å². The topological polar surface area (TPSA) is 6.48 Å². The zero-order valence-corrected chi connectivity index (χ0v) is 59.9. The van der Waals surface area contributed by atoms with Crippen molar-refractivity contribution in [1.82, 2.24) is 0 Å². The highest BCUT2D eigenvalue weighted by Crippen LogP contribution is 2.61. The lowest BCUT2D eigenvalue weighted by molar-refractivity contribution is 0.590. The number of hydrogen-bond acceptors (Lipinski definition) is 2. The molecule has 1 atom stereocenters. The van der Waals surface area contributed by atoms with Gasteiger partial charge in [-0.05, 0) is 193 Å². The summed E-state index contributed by atoms with van der Waals surface area (Å²) < 4.78 is 95.3. The first-order chi connectivity index (χ1) is 56.0. The number of rotatable bonds is 11. The molecule has 0 bridgehead atoms. The van der Waals surface area contributed by atoms with Gasteiger partial charge in [-0.3, -0.25) is 0 Å². The Kier molecular flexibility index (Phi) is 13.0. The van der Waals surface area contributed by atoms with E-state index in [0.717, 1.165) is 144 Å². The Morgan fingerprint density at radius 1 is 0.283 bits per heavy atom. The van der Waals surface area contributed by atoms with E-state index in [9.17, 15) is 11.0 Å². The molecule has 16 aromatic rings. The summed E-state index contributed by atoms with van der Waals surface area (Å²) in [5.74, 6) is 0. The Labute approximate surface area is 638 Å². The molecular weight excluding hydrogens is 1280 g/mol. The predicted octanol–water partition coefficient (Wildman–Crippen LogP) is 25.5. The lowest BCUT2D eigenvalue weighted by atomic mass is 9.33. The first kappa shape index (κ1) is 54.1. The minimum atomic E-state index is -0.874. The largest absolute Gasteiger partial charge is 0.310 e. The van der Waals surface area contributed by atoms with Crippen LogP contribution in [0, 0.1) is 0 Å². The quantitative estimate of drug-likeness (QED) is 0.119. The molecule has 0 saturated heterocycles. The fraction of sp³-hybridized carbons (Fsp3) is 0.0874. The summed E-state index contributed by atoms with van der Waals surface area (Å²) >= 11 is 0. The highest BCUT2D eigenvalue weighted by molar-refractivity contribution is 7.00. The second-order valence-electron chi connectivity index (χ2n) is 30.3. The van der Waals surface area contributed by atoms with Crippen LogP contribution in [0.3, 0.4) is 0 Å². The van der Waals surface area contributed by atoms with Crippen LogP contribution in [0.1, 0.15) is 88.6 Å². The van der Waals surface area contributed by atoms with Gasteiger partial charge in [0.05, 0.1) is 30.5 Å². The van der Waals surface area contributed by atoms with Gasteiger partial charge in [-0.1, -0.05) is 357 Å². The summed E-state index contributed by atoms with van der Waals surface area (Å²) in [5, 5.41) is 2.25. The van der Waals surface area contributed by atoms with E-state index in [1.807, 2.05) is 48.5 Å². The Bertz CT molecular complexity index is 6560. The lowest BCUT2D eigenvalue weighted by Crippen LogP contribution is -2.61. The van der Waals surface area contributed by atoms with Crippen molar-refractivity contribution < 1.29 is 13.7 Å². The average Bonchev–Trinajstić information content (AvgIpc) is 1.03. The van der Waals surface area contributed by atoms with Crippen molar-refractivity contribution >= 4 is 68.0 Å². The fourth-order valence-electron chi connectivity index (χ4n) is 17.2. The van der Waals surface area contributed by atoms with Gasteiger partial charge in [0.2, 0.25) is 0 Å². The van der Waals surface area contributed by atoms with Gasteiger partial charge < -0.3 is 9.80 Å². The number of hydrogen-bond donors (Lipinski definition) is 0. The monoisotopic (exact) mass is 1360 g/mol. The van der Waals surface area contributed by atoms with Crippen LogP contribution in [0.4, 0.5) is 34.1 Å². The number of fused-ring (bicyclic) bond motifs is 8. The molecule has 3 aliphatic rings. The summed E-state index contributed by atoms with van der Waals surface area (Å²) in [5.41, 5.74) is 24.1. The first-order valence-corrected chi connectivity index (χ1v) is 36.6. The molecule has 0 spiro atoms. The van der Waals surface area contributed by atoms with Crippen LogP contribution in [0.15, 0.2) is 370 Å². The van der Waals surface area contributed by atoms with Crippen molar-refractivity contribution in [2.45, 2.75) is 57.8 Å². The van der Waals surface area contributed by atoms with Gasteiger partial charge >= 0.3 is 0 Å². The Balaban J connectivity index is 1.03. The van der Waals surface area contributed by atoms with Crippen LogP contribution in [0.5, 0.6) is 0 Å². The third-order valence-electron chi connectivity index (χ3n) is 22.1. The summed E-state index contributed by atoms with van der Waals surface area (Å²) in [7, 11) is 0. The fourth-order valence-corrected chi connectivity index (χ4v) is 17.2. The van der Waals surface area contributed by atoms with Gasteiger partial charge in [0, 0.05) is 45.0 Å². The Hall–Kier alpha value is -12.6. The molecule has 1 aliphatic carbocycles. The van der Waals surface area contributed by atoms with Crippen molar-refractivity contribution in [3.63, 3.8) is 0 Å². The van der Waals surface area contributed by atoms with Gasteiger partial charge in [0.1, 0.15) is 0 Å². The van der Waals surface area contributed by atoms with Crippen molar-refractivity contribution in [1.29, 1.82) is 0 Å². The van der Waals surface area contributed by atoms with Gasteiger partial charge in [0.15, 0.2) is 0 Å². The number of nitrogens with zero attached hydrogens (tertiary/aromatic N) is 2. The summed E-state index contributed by atoms with van der Waals surface area (Å²) in [6.07, 6.45) is 0. The third kappa shape index (κ3) is 10.5. The summed E-state index contributed by atoms with van der Waals surface area (Å²) in [6, 6.07) is 106. The van der Waals surface area contributed by atoms with Gasteiger partial charge in [0.25, 0.3) is 6.71 Å². The van der Waals surface area contributed by atoms with E-state index in [-0.39, 0.29) is 46.1 Å². The Morgan fingerprint density at radius 2 is 0.726 bits per heavy atom. The van der Waals surface area contributed by atoms with E-state index in [0.29, 0.717) is 28.2 Å². The van der Waals surface area contributed by atoms with Crippen LogP contribution >= 0.6 is 0 Å². The molecule has 1 unspecified atom stereocenters. The smallest absolute Gasteiger partial charge is 0.252 e. The van der Waals surface area contributed by atoms with E-state index >= 15 is 0 Å². The van der Waals surface area contributed by atoms with Crippen LogP contribution in [0.2, 0.25) is 0 Å². The highest BCUT2D eigenvalue weighted by Gasteiger charge is 2.50. The molecule has 19 rings (SSSR count). The Morgan fingerprint density at radius 3 is 1.26 bits per heavy atom. The maximum Gasteiger partial charge on any atom is 0.252 e. The number of benzene rings is 16. The molecule has 0 radical (unpaired) electrons. The van der Waals surface area contributed by atoms with Crippen LogP contribution in [-0.2, 0) is 16.2 Å². The van der Waals surface area contributed by atoms with Gasteiger partial charge in [-0.2, -0.15) is 0 Å². The third-order valence-corrected chi connectivity index (χ3v) is 22.1. The molecule has 3 heteroatoms. The average molecular weight is 1370 g/mol. The SMILES string of the molecule is [2H]c1c([2H])c([2H])c(-c2ccc3c(c2)B2c4ccc(-c5cccc6c5C(c5ccccc5)(c5ccc7ccccc7c5)c5ccccc5-6)cc4N(c4c(-c5ccccc5)cc(C(C)(C)C)cc4-c4ccccc4)c4cc(-c5c([2H])c([2H])c([2H])c([2H])c5[2H])cc(c42)N3c2c(-c3ccccc3)cc(C(C)(C)C)cc2-c2ccccc2)c([2H])c1[2H]. The van der Waals surface area contributed by atoms with Gasteiger partial charge in [-0.15, -0.1) is 0 Å². The molecule has 16 aromatic carbocycles. The molecule has 0 N–H and O–H groups in total. The maximum atomic E-state index is 10.2. The zero-order valence-electron chi connectivity index (χ0n) is 69.9. The zero-order chi connectivity index (χ0) is 80.1. The van der Waals surface area contributed by atoms with Crippen molar-refractivity contribution in [2.75, 3.05) is 9.80 Å². The molecular formula is C103H79BN2. The van der Waals surface area contributed by atoms with Crippen LogP contribution < -0.4 is 26.2 Å². The van der Waals surface area contributed by atoms with Gasteiger partial charge in [-0.25, -0.2) is 0 Å². The molecule has 106 heavy (non-hydrogen) atoms. The van der Waals surface area contributed by atoms with E-state index in [4.69, 9.17) is 2.74 Å². The number of anilines is 6. The van der Waals surface area contributed by atoms with Crippen LogP contribution in [0.25, 0.3) is 99.8 Å². The standard InChI is InChI=1S/C103H79BN2/c1-101(2,3)81-64-86(71-38-18-9-19-39-71)99(87(65-81)72-40-20-10-21-41-72)105-93-58-55-76(68-33-14-7-15-34-68)60-92(93)104-91-57-54-77(83-50-32-51-85-84-49-30-31-52-90(84)103(97(83)85,79-47-26-13-27-48-79)80-56-53-70-37-28-29-46-75(70)59-80)61-94(91)106(96-63-78(62-95(105)98(96)104)69-35-16-8-17-36-69)100-88(73-42-22-11-23-43-73)66-82(102(4,5)6)67-89(100)74-44-24-12-25-45-74/h7-67H,1-6H3/i7D,8D,14D,15D,16D,17D,33D,34D,35D,36D. The highest BCUT2D eigenvalue weighted by atomic mass is 15.2. The molecule has 504 valence electrons. The minimum Gasteiger partial charge on any atom is -0.310 e. The molecule has 0 amide bonds. The first-order valence-electron chi connectivity index (χ1n) is 41.6. The second kappa shape index (κ2) is 25.4. The molecule has 0 aromatic heterocycles. The van der Waals surface area contributed by atoms with Crippen molar-refractivity contribution in [2.24, 2.45) is 0 Å². The molecule has 2 aliphatic heterocycles. The second-order valence-corrected chi connectivity index (χ2v) is 30.3. The predicted molar refractivity (Wildman–Crippen MR) is 451 cm³/mol. The molecule has 2 heterocycles. The molecule has 0 saturated carbocycles. The summed E-state index contributed by atoms with van der Waals surface area (Å²) in [6.45, 7) is 12.7. The minimum absolute atomic E-state index is 0.0167. The lowest BCUT2D eigenvalue weighted by Gasteiger charge is -2.46. The van der Waals surface area contributed by atoms with E-state index in [1.165, 1.54) is 0 Å². The molecule has 0 fully saturated rings.